The zero-order chi connectivity index (χ0) is 15.7. The summed E-state index contributed by atoms with van der Waals surface area (Å²) in [7, 11) is 0. The molecular weight excluding hydrogens is 281 g/mol. The number of hydrogen-bond acceptors (Lipinski definition) is 4. The molecule has 0 unspecified atom stereocenters. The SMILES string of the molecule is Cc1c(N)nc(C(C)C)nc1Nc1ccc(F)c(F)c1F. The summed E-state index contributed by atoms with van der Waals surface area (Å²) in [5, 5.41) is 2.63. The molecule has 3 N–H and O–H groups in total. The molecule has 112 valence electrons. The van der Waals surface area contributed by atoms with Gasteiger partial charge in [0.25, 0.3) is 0 Å². The van der Waals surface area contributed by atoms with Crippen molar-refractivity contribution in [3.05, 3.63) is 41.0 Å². The van der Waals surface area contributed by atoms with Gasteiger partial charge in [0.1, 0.15) is 17.5 Å². The molecule has 0 radical (unpaired) electrons. The number of nitrogen functional groups attached to an aromatic ring is 1. The lowest BCUT2D eigenvalue weighted by molar-refractivity contribution is 0.449. The number of anilines is 3. The van der Waals surface area contributed by atoms with Crippen LogP contribution in [0.3, 0.4) is 0 Å². The number of nitrogens with zero attached hydrogens (tertiary/aromatic N) is 2. The minimum absolute atomic E-state index is 0.0169. The number of aromatic nitrogens is 2. The highest BCUT2D eigenvalue weighted by atomic mass is 19.2. The van der Waals surface area contributed by atoms with E-state index in [-0.39, 0.29) is 23.2 Å². The molecule has 2 rings (SSSR count). The summed E-state index contributed by atoms with van der Waals surface area (Å²) in [6.07, 6.45) is 0. The maximum absolute atomic E-state index is 13.7. The number of nitrogens with two attached hydrogens (primary N) is 1. The van der Waals surface area contributed by atoms with Gasteiger partial charge < -0.3 is 11.1 Å². The van der Waals surface area contributed by atoms with Crippen molar-refractivity contribution in [1.82, 2.24) is 9.97 Å². The van der Waals surface area contributed by atoms with Gasteiger partial charge in [0.2, 0.25) is 0 Å². The number of hydrogen-bond donors (Lipinski definition) is 2. The summed E-state index contributed by atoms with van der Waals surface area (Å²) >= 11 is 0. The molecule has 1 heterocycles. The fourth-order valence-electron chi connectivity index (χ4n) is 1.68. The van der Waals surface area contributed by atoms with Crippen LogP contribution in [-0.2, 0) is 0 Å². The van der Waals surface area contributed by atoms with E-state index in [0.29, 0.717) is 11.4 Å². The van der Waals surface area contributed by atoms with E-state index in [1.54, 1.807) is 6.92 Å². The Labute approximate surface area is 120 Å². The Morgan fingerprint density at radius 3 is 2.38 bits per heavy atom. The van der Waals surface area contributed by atoms with Gasteiger partial charge in [0, 0.05) is 11.5 Å². The second-order valence-electron chi connectivity index (χ2n) is 4.94. The highest BCUT2D eigenvalue weighted by Gasteiger charge is 2.16. The molecule has 1 aromatic heterocycles. The fraction of sp³-hybridized carbons (Fsp3) is 0.286. The summed E-state index contributed by atoms with van der Waals surface area (Å²) in [5.74, 6) is -3.09. The molecule has 0 bridgehead atoms. The first-order chi connectivity index (χ1) is 9.81. The van der Waals surface area contributed by atoms with Crippen molar-refractivity contribution in [2.45, 2.75) is 26.7 Å². The van der Waals surface area contributed by atoms with Gasteiger partial charge in [-0.15, -0.1) is 0 Å². The largest absolute Gasteiger partial charge is 0.383 e. The molecule has 0 amide bonds. The molecule has 0 saturated carbocycles. The Hall–Kier alpha value is -2.31. The van der Waals surface area contributed by atoms with E-state index in [4.69, 9.17) is 5.73 Å². The van der Waals surface area contributed by atoms with Crippen LogP contribution in [0.4, 0.5) is 30.5 Å². The van der Waals surface area contributed by atoms with Crippen molar-refractivity contribution in [2.24, 2.45) is 0 Å². The van der Waals surface area contributed by atoms with Crippen LogP contribution >= 0.6 is 0 Å². The lowest BCUT2D eigenvalue weighted by Gasteiger charge is -2.14. The molecule has 7 heteroatoms. The van der Waals surface area contributed by atoms with Gasteiger partial charge in [-0.2, -0.15) is 0 Å². The number of benzene rings is 1. The average Bonchev–Trinajstić information content (AvgIpc) is 2.43. The molecule has 0 spiro atoms. The van der Waals surface area contributed by atoms with Crippen LogP contribution < -0.4 is 11.1 Å². The highest BCUT2D eigenvalue weighted by molar-refractivity contribution is 5.64. The van der Waals surface area contributed by atoms with Gasteiger partial charge in [-0.25, -0.2) is 23.1 Å². The summed E-state index contributed by atoms with van der Waals surface area (Å²) < 4.78 is 39.8. The molecule has 4 nitrogen and oxygen atoms in total. The van der Waals surface area contributed by atoms with E-state index in [9.17, 15) is 13.2 Å². The minimum Gasteiger partial charge on any atom is -0.383 e. The van der Waals surface area contributed by atoms with E-state index in [1.807, 2.05) is 13.8 Å². The number of halogens is 3. The zero-order valence-corrected chi connectivity index (χ0v) is 11.8. The molecule has 0 aliphatic heterocycles. The van der Waals surface area contributed by atoms with E-state index in [0.717, 1.165) is 12.1 Å². The van der Waals surface area contributed by atoms with Crippen LogP contribution in [0.5, 0.6) is 0 Å². The molecule has 2 aromatic rings. The Balaban J connectivity index is 2.47. The van der Waals surface area contributed by atoms with E-state index in [2.05, 4.69) is 15.3 Å². The van der Waals surface area contributed by atoms with Crippen LogP contribution in [0.15, 0.2) is 12.1 Å². The van der Waals surface area contributed by atoms with Crippen LogP contribution in [0, 0.1) is 24.4 Å². The lowest BCUT2D eigenvalue weighted by atomic mass is 10.2. The van der Waals surface area contributed by atoms with Gasteiger partial charge in [-0.1, -0.05) is 13.8 Å². The fourth-order valence-corrected chi connectivity index (χ4v) is 1.68. The quantitative estimate of drug-likeness (QED) is 0.849. The van der Waals surface area contributed by atoms with Crippen molar-refractivity contribution in [3.8, 4) is 0 Å². The van der Waals surface area contributed by atoms with Crippen LogP contribution in [0.2, 0.25) is 0 Å². The van der Waals surface area contributed by atoms with Gasteiger partial charge >= 0.3 is 0 Å². The van der Waals surface area contributed by atoms with E-state index < -0.39 is 17.5 Å². The lowest BCUT2D eigenvalue weighted by Crippen LogP contribution is -2.09. The molecule has 0 aliphatic rings. The summed E-state index contributed by atoms with van der Waals surface area (Å²) in [6.45, 7) is 5.41. The van der Waals surface area contributed by atoms with E-state index in [1.165, 1.54) is 0 Å². The van der Waals surface area contributed by atoms with Crippen molar-refractivity contribution < 1.29 is 13.2 Å². The Kier molecular flexibility index (Phi) is 4.02. The van der Waals surface area contributed by atoms with Crippen molar-refractivity contribution in [1.29, 1.82) is 0 Å². The highest BCUT2D eigenvalue weighted by Crippen LogP contribution is 2.27. The first-order valence-corrected chi connectivity index (χ1v) is 6.35. The second kappa shape index (κ2) is 5.59. The normalized spacial score (nSPS) is 11.0. The van der Waals surface area contributed by atoms with Crippen molar-refractivity contribution >= 4 is 17.3 Å². The predicted octanol–water partition coefficient (Wildman–Crippen LogP) is 3.65. The smallest absolute Gasteiger partial charge is 0.196 e. The second-order valence-corrected chi connectivity index (χ2v) is 4.94. The topological polar surface area (TPSA) is 63.8 Å². The molecule has 1 aromatic carbocycles. The molecule has 21 heavy (non-hydrogen) atoms. The Morgan fingerprint density at radius 2 is 1.76 bits per heavy atom. The monoisotopic (exact) mass is 296 g/mol. The number of rotatable bonds is 3. The predicted molar refractivity (Wildman–Crippen MR) is 74.9 cm³/mol. The Morgan fingerprint density at radius 1 is 1.10 bits per heavy atom. The average molecular weight is 296 g/mol. The molecule has 0 aliphatic carbocycles. The van der Waals surface area contributed by atoms with Gasteiger partial charge in [0.05, 0.1) is 5.69 Å². The molecular formula is C14H15F3N4. The standard InChI is InChI=1S/C14H15F3N4/c1-6(2)13-20-12(18)7(3)14(21-13)19-9-5-4-8(15)10(16)11(9)17/h4-6H,1-3H3,(H3,18,19,20,21). The maximum Gasteiger partial charge on any atom is 0.196 e. The van der Waals surface area contributed by atoms with Crippen LogP contribution in [0.25, 0.3) is 0 Å². The zero-order valence-electron chi connectivity index (χ0n) is 11.8. The first-order valence-electron chi connectivity index (χ1n) is 6.35. The Bertz CT molecular complexity index is 686. The summed E-state index contributed by atoms with van der Waals surface area (Å²) in [4.78, 5) is 8.36. The van der Waals surface area contributed by atoms with Crippen molar-refractivity contribution in [2.75, 3.05) is 11.1 Å². The maximum atomic E-state index is 13.7. The third kappa shape index (κ3) is 2.91. The van der Waals surface area contributed by atoms with Crippen molar-refractivity contribution in [3.63, 3.8) is 0 Å². The minimum atomic E-state index is -1.54. The van der Waals surface area contributed by atoms with Crippen LogP contribution in [-0.4, -0.2) is 9.97 Å². The van der Waals surface area contributed by atoms with Gasteiger partial charge in [-0.3, -0.25) is 0 Å². The van der Waals surface area contributed by atoms with Crippen LogP contribution in [0.1, 0.15) is 31.2 Å². The molecule has 0 saturated heterocycles. The van der Waals surface area contributed by atoms with Gasteiger partial charge in [0.15, 0.2) is 17.5 Å². The first kappa shape index (κ1) is 15.1. The number of nitrogens with one attached hydrogen (secondary N) is 1. The molecule has 0 atom stereocenters. The molecule has 0 fully saturated rings. The van der Waals surface area contributed by atoms with E-state index >= 15 is 0 Å². The third-order valence-corrected chi connectivity index (χ3v) is 3.01. The summed E-state index contributed by atoms with van der Waals surface area (Å²) in [5.41, 5.74) is 6.07. The third-order valence-electron chi connectivity index (χ3n) is 3.01. The van der Waals surface area contributed by atoms with Gasteiger partial charge in [-0.05, 0) is 19.1 Å². The summed E-state index contributed by atoms with van der Waals surface area (Å²) in [6, 6.07) is 1.94.